The number of nitro groups is 1. The number of hydrogen-bond donors (Lipinski definition) is 2. The number of rotatable bonds is 3. The number of halogens is 1. The largest absolute Gasteiger partial charge is 0.329 e. The number of nitro benzene ring substituents is 1. The maximum Gasteiger partial charge on any atom is 0.271 e. The van der Waals surface area contributed by atoms with Gasteiger partial charge in [0.15, 0.2) is 0 Å². The van der Waals surface area contributed by atoms with E-state index in [9.17, 15) is 18.5 Å². The molecule has 0 spiro atoms. The standard InChI is InChI=1S/C12H14N4O4S.ClH/c17-16(18)8-3-4-10-11(6-8)15-12(14-10)21(19,20)9-2-1-5-13-7-9;/h3-4,6,9,13H,1-2,5,7H2,(H,14,15);1H. The molecule has 0 amide bonds. The van der Waals surface area contributed by atoms with Gasteiger partial charge >= 0.3 is 0 Å². The fourth-order valence-electron chi connectivity index (χ4n) is 2.47. The number of hydrogen-bond acceptors (Lipinski definition) is 6. The monoisotopic (exact) mass is 346 g/mol. The van der Waals surface area contributed by atoms with E-state index < -0.39 is 20.0 Å². The highest BCUT2D eigenvalue weighted by molar-refractivity contribution is 7.91. The Hall–Kier alpha value is -1.71. The first-order chi connectivity index (χ1) is 9.98. The number of piperidine rings is 1. The van der Waals surface area contributed by atoms with Crippen molar-refractivity contribution < 1.29 is 13.3 Å². The molecule has 120 valence electrons. The van der Waals surface area contributed by atoms with Crippen LogP contribution in [0.3, 0.4) is 0 Å². The summed E-state index contributed by atoms with van der Waals surface area (Å²) >= 11 is 0. The van der Waals surface area contributed by atoms with Gasteiger partial charge in [0.25, 0.3) is 5.69 Å². The van der Waals surface area contributed by atoms with E-state index in [1.807, 2.05) is 0 Å². The van der Waals surface area contributed by atoms with E-state index >= 15 is 0 Å². The van der Waals surface area contributed by atoms with Crippen molar-refractivity contribution in [2.24, 2.45) is 0 Å². The highest BCUT2D eigenvalue weighted by atomic mass is 35.5. The molecule has 1 unspecified atom stereocenters. The van der Waals surface area contributed by atoms with Crippen LogP contribution >= 0.6 is 12.4 Å². The van der Waals surface area contributed by atoms with Crippen LogP contribution in [0.15, 0.2) is 23.4 Å². The van der Waals surface area contributed by atoms with Crippen molar-refractivity contribution in [1.29, 1.82) is 0 Å². The molecule has 3 rings (SSSR count). The van der Waals surface area contributed by atoms with Crippen molar-refractivity contribution in [2.45, 2.75) is 23.2 Å². The lowest BCUT2D eigenvalue weighted by Crippen LogP contribution is -2.39. The summed E-state index contributed by atoms with van der Waals surface area (Å²) < 4.78 is 25.0. The second-order valence-electron chi connectivity index (χ2n) is 5.01. The minimum absolute atomic E-state index is 0. The molecule has 2 aromatic rings. The second kappa shape index (κ2) is 6.19. The van der Waals surface area contributed by atoms with Crippen molar-refractivity contribution in [3.05, 3.63) is 28.3 Å². The summed E-state index contributed by atoms with van der Waals surface area (Å²) in [6, 6.07) is 4.05. The van der Waals surface area contributed by atoms with Crippen molar-refractivity contribution in [3.8, 4) is 0 Å². The number of fused-ring (bicyclic) bond motifs is 1. The lowest BCUT2D eigenvalue weighted by molar-refractivity contribution is -0.384. The van der Waals surface area contributed by atoms with E-state index in [1.54, 1.807) is 0 Å². The molecule has 0 saturated carbocycles. The van der Waals surface area contributed by atoms with E-state index in [2.05, 4.69) is 15.3 Å². The molecular formula is C12H15ClN4O4S. The molecule has 22 heavy (non-hydrogen) atoms. The smallest absolute Gasteiger partial charge is 0.271 e. The number of benzene rings is 1. The molecule has 8 nitrogen and oxygen atoms in total. The molecule has 0 bridgehead atoms. The number of nitrogens with zero attached hydrogens (tertiary/aromatic N) is 2. The molecule has 1 atom stereocenters. The van der Waals surface area contributed by atoms with E-state index in [4.69, 9.17) is 0 Å². The summed E-state index contributed by atoms with van der Waals surface area (Å²) in [5.41, 5.74) is 0.656. The zero-order valence-electron chi connectivity index (χ0n) is 11.5. The lowest BCUT2D eigenvalue weighted by atomic mass is 10.2. The van der Waals surface area contributed by atoms with E-state index in [0.29, 0.717) is 24.0 Å². The van der Waals surface area contributed by atoms with Gasteiger partial charge in [-0.15, -0.1) is 12.4 Å². The SMILES string of the molecule is Cl.O=[N+]([O-])c1ccc2nc(S(=O)(=O)C3CCCNC3)[nH]c2c1. The number of H-pyrrole nitrogens is 1. The first kappa shape index (κ1) is 16.7. The van der Waals surface area contributed by atoms with Gasteiger partial charge < -0.3 is 10.3 Å². The van der Waals surface area contributed by atoms with Crippen LogP contribution in [0.1, 0.15) is 12.8 Å². The van der Waals surface area contributed by atoms with Gasteiger partial charge in [-0.25, -0.2) is 13.4 Å². The average molecular weight is 347 g/mol. The first-order valence-electron chi connectivity index (χ1n) is 6.57. The van der Waals surface area contributed by atoms with Crippen LogP contribution in [0.25, 0.3) is 11.0 Å². The van der Waals surface area contributed by atoms with Crippen LogP contribution < -0.4 is 5.32 Å². The zero-order chi connectivity index (χ0) is 15.0. The maximum atomic E-state index is 12.5. The minimum atomic E-state index is -3.56. The Morgan fingerprint density at radius 2 is 2.14 bits per heavy atom. The molecule has 1 fully saturated rings. The van der Waals surface area contributed by atoms with Crippen LogP contribution in [0, 0.1) is 10.1 Å². The molecule has 1 aliphatic rings. The van der Waals surface area contributed by atoms with Crippen LogP contribution in [0.4, 0.5) is 5.69 Å². The average Bonchev–Trinajstić information content (AvgIpc) is 2.91. The van der Waals surface area contributed by atoms with Crippen LogP contribution in [-0.4, -0.2) is 41.6 Å². The minimum Gasteiger partial charge on any atom is -0.329 e. The Morgan fingerprint density at radius 1 is 1.36 bits per heavy atom. The van der Waals surface area contributed by atoms with E-state index in [-0.39, 0.29) is 23.3 Å². The van der Waals surface area contributed by atoms with Gasteiger partial charge in [-0.3, -0.25) is 10.1 Å². The molecule has 2 N–H and O–H groups in total. The molecule has 2 heterocycles. The second-order valence-corrected chi connectivity index (χ2v) is 7.16. The zero-order valence-corrected chi connectivity index (χ0v) is 13.1. The highest BCUT2D eigenvalue weighted by Gasteiger charge is 2.31. The summed E-state index contributed by atoms with van der Waals surface area (Å²) in [5, 5.41) is 13.2. The van der Waals surface area contributed by atoms with Crippen molar-refractivity contribution in [3.63, 3.8) is 0 Å². The third-order valence-electron chi connectivity index (χ3n) is 3.61. The Labute approximate surface area is 132 Å². The van der Waals surface area contributed by atoms with Gasteiger partial charge in [-0.2, -0.15) is 0 Å². The van der Waals surface area contributed by atoms with Gasteiger partial charge in [0, 0.05) is 18.7 Å². The van der Waals surface area contributed by atoms with Crippen molar-refractivity contribution in [2.75, 3.05) is 13.1 Å². The fraction of sp³-hybridized carbons (Fsp3) is 0.417. The highest BCUT2D eigenvalue weighted by Crippen LogP contribution is 2.24. The number of non-ortho nitro benzene ring substituents is 1. The van der Waals surface area contributed by atoms with Crippen LogP contribution in [0.2, 0.25) is 0 Å². The van der Waals surface area contributed by atoms with Crippen molar-refractivity contribution >= 4 is 39.0 Å². The van der Waals surface area contributed by atoms with Gasteiger partial charge in [-0.1, -0.05) is 0 Å². The molecule has 0 aliphatic carbocycles. The topological polar surface area (TPSA) is 118 Å². The van der Waals surface area contributed by atoms with Crippen molar-refractivity contribution in [1.82, 2.24) is 15.3 Å². The Bertz CT molecular complexity index is 799. The molecule has 1 aromatic carbocycles. The predicted molar refractivity (Wildman–Crippen MR) is 83.1 cm³/mol. The molecular weight excluding hydrogens is 332 g/mol. The van der Waals surface area contributed by atoms with E-state index in [1.165, 1.54) is 18.2 Å². The summed E-state index contributed by atoms with van der Waals surface area (Å²) in [7, 11) is -3.56. The third kappa shape index (κ3) is 2.92. The molecule has 10 heteroatoms. The van der Waals surface area contributed by atoms with Crippen LogP contribution in [-0.2, 0) is 9.84 Å². The van der Waals surface area contributed by atoms with Gasteiger partial charge in [0.1, 0.15) is 0 Å². The number of imidazole rings is 1. The number of sulfone groups is 1. The van der Waals surface area contributed by atoms with E-state index in [0.717, 1.165) is 13.0 Å². The van der Waals surface area contributed by atoms with Gasteiger partial charge in [0.05, 0.1) is 21.2 Å². The Kier molecular flexibility index (Phi) is 4.69. The Morgan fingerprint density at radius 3 is 2.77 bits per heavy atom. The number of aromatic nitrogens is 2. The Balaban J connectivity index is 0.00000176. The predicted octanol–water partition coefficient (Wildman–Crippen LogP) is 1.42. The normalized spacial score (nSPS) is 18.8. The first-order valence-corrected chi connectivity index (χ1v) is 8.12. The number of aromatic amines is 1. The quantitative estimate of drug-likeness (QED) is 0.641. The molecule has 0 radical (unpaired) electrons. The summed E-state index contributed by atoms with van der Waals surface area (Å²) in [6.45, 7) is 1.22. The van der Waals surface area contributed by atoms with Gasteiger partial charge in [-0.05, 0) is 25.5 Å². The number of nitrogens with one attached hydrogen (secondary N) is 2. The molecule has 1 saturated heterocycles. The van der Waals surface area contributed by atoms with Crippen LogP contribution in [0.5, 0.6) is 0 Å². The third-order valence-corrected chi connectivity index (χ3v) is 5.63. The summed E-state index contributed by atoms with van der Waals surface area (Å²) in [5.74, 6) is 0. The summed E-state index contributed by atoms with van der Waals surface area (Å²) in [4.78, 5) is 17.0. The summed E-state index contributed by atoms with van der Waals surface area (Å²) in [6.07, 6.45) is 1.39. The van der Waals surface area contributed by atoms with Gasteiger partial charge in [0.2, 0.25) is 15.0 Å². The maximum absolute atomic E-state index is 12.5. The molecule has 1 aromatic heterocycles. The lowest BCUT2D eigenvalue weighted by Gasteiger charge is -2.21. The molecule has 1 aliphatic heterocycles. The fourth-order valence-corrected chi connectivity index (χ4v) is 4.07.